The molecule has 1 saturated heterocycles. The van der Waals surface area contributed by atoms with Gasteiger partial charge in [-0.3, -0.25) is 9.59 Å². The molecule has 6 heteroatoms. The van der Waals surface area contributed by atoms with Gasteiger partial charge in [0.2, 0.25) is 7.85 Å². The summed E-state index contributed by atoms with van der Waals surface area (Å²) < 4.78 is 5.22. The van der Waals surface area contributed by atoms with Gasteiger partial charge in [0.1, 0.15) is 6.10 Å². The zero-order valence-corrected chi connectivity index (χ0v) is 11.5. The van der Waals surface area contributed by atoms with E-state index >= 15 is 0 Å². The van der Waals surface area contributed by atoms with Crippen LogP contribution >= 0.6 is 0 Å². The Kier molecular flexibility index (Phi) is 4.66. The first-order chi connectivity index (χ1) is 9.54. The molecule has 1 fully saturated rings. The van der Waals surface area contributed by atoms with Crippen LogP contribution in [0.4, 0.5) is 10.5 Å². The highest BCUT2D eigenvalue weighted by Gasteiger charge is 2.24. The highest BCUT2D eigenvalue weighted by Crippen LogP contribution is 2.23. The van der Waals surface area contributed by atoms with Crippen LogP contribution in [0.1, 0.15) is 18.9 Å². The van der Waals surface area contributed by atoms with E-state index in [4.69, 9.17) is 12.6 Å². The van der Waals surface area contributed by atoms with Gasteiger partial charge in [-0.15, -0.1) is 0 Å². The van der Waals surface area contributed by atoms with Crippen LogP contribution in [-0.4, -0.2) is 38.8 Å². The van der Waals surface area contributed by atoms with Gasteiger partial charge in [0.25, 0.3) is 0 Å². The summed E-state index contributed by atoms with van der Waals surface area (Å²) in [4.78, 5) is 23.8. The maximum absolute atomic E-state index is 11.0. The highest BCUT2D eigenvalue weighted by atomic mass is 16.5. The van der Waals surface area contributed by atoms with Crippen molar-refractivity contribution in [2.75, 3.05) is 18.0 Å². The van der Waals surface area contributed by atoms with E-state index in [-0.39, 0.29) is 12.1 Å². The molecule has 20 heavy (non-hydrogen) atoms. The van der Waals surface area contributed by atoms with Gasteiger partial charge in [-0.25, -0.2) is 0 Å². The molecule has 2 radical (unpaired) electrons. The van der Waals surface area contributed by atoms with Crippen molar-refractivity contribution < 1.29 is 14.3 Å². The summed E-state index contributed by atoms with van der Waals surface area (Å²) in [5.74, 6) is -0.775. The molecule has 1 aliphatic rings. The van der Waals surface area contributed by atoms with E-state index in [9.17, 15) is 9.59 Å². The Morgan fingerprint density at radius 1 is 1.50 bits per heavy atom. The second-order valence-electron chi connectivity index (χ2n) is 4.85. The Balaban J connectivity index is 1.97. The number of hydrogen-bond donors (Lipinski definition) is 1. The number of hydrogen-bond acceptors (Lipinski definition) is 4. The van der Waals surface area contributed by atoms with Crippen LogP contribution in [-0.2, 0) is 16.1 Å². The first-order valence-corrected chi connectivity index (χ1v) is 6.59. The monoisotopic (exact) mass is 272 g/mol. The van der Waals surface area contributed by atoms with Gasteiger partial charge in [-0.2, -0.15) is 0 Å². The Hall–Kier alpha value is -1.98. The molecule has 1 amide bonds. The van der Waals surface area contributed by atoms with E-state index in [1.54, 1.807) is 0 Å². The predicted molar refractivity (Wildman–Crippen MR) is 76.8 cm³/mol. The quantitative estimate of drug-likeness (QED) is 0.661. The average Bonchev–Trinajstić information content (AvgIpc) is 2.84. The molecule has 0 spiro atoms. The molecule has 5 nitrogen and oxygen atoms in total. The number of nitrogens with one attached hydrogen (secondary N) is 1. The zero-order chi connectivity index (χ0) is 14.5. The van der Waals surface area contributed by atoms with E-state index in [0.717, 1.165) is 24.2 Å². The van der Waals surface area contributed by atoms with Crippen LogP contribution in [0.3, 0.4) is 0 Å². The van der Waals surface area contributed by atoms with Crippen LogP contribution in [0.15, 0.2) is 24.3 Å². The second-order valence-corrected chi connectivity index (χ2v) is 4.85. The number of anilines is 1. The standard InChI is InChI=1S/C14H17BN2O3/c1-10(18)20-13-5-6-17(9-13)12-4-2-3-11(7-12)8-16-14(15)19/h2-4,7,13H,5-6,8-9H2,1H3,(H,16,19)/t13-/m0/s1. The number of carbonyl (C=O) groups excluding carboxylic acids is 2. The fraction of sp³-hybridized carbons (Fsp3) is 0.429. The van der Waals surface area contributed by atoms with Crippen molar-refractivity contribution in [3.63, 3.8) is 0 Å². The van der Waals surface area contributed by atoms with Crippen molar-refractivity contribution in [1.29, 1.82) is 0 Å². The minimum atomic E-state index is -0.536. The molecule has 0 unspecified atom stereocenters. The molecule has 2 rings (SSSR count). The van der Waals surface area contributed by atoms with Crippen LogP contribution in [0.5, 0.6) is 0 Å². The Bertz CT molecular complexity index is 507. The van der Waals surface area contributed by atoms with Crippen molar-refractivity contribution in [3.05, 3.63) is 29.8 Å². The average molecular weight is 272 g/mol. The lowest BCUT2D eigenvalue weighted by molar-refractivity contribution is -0.145. The second kappa shape index (κ2) is 6.46. The molecule has 104 valence electrons. The lowest BCUT2D eigenvalue weighted by atomic mass is 10.1. The van der Waals surface area contributed by atoms with Crippen LogP contribution in [0.25, 0.3) is 0 Å². The lowest BCUT2D eigenvalue weighted by Gasteiger charge is -2.19. The first-order valence-electron chi connectivity index (χ1n) is 6.59. The molecule has 1 heterocycles. The van der Waals surface area contributed by atoms with Crippen molar-refractivity contribution in [2.24, 2.45) is 0 Å². The Morgan fingerprint density at radius 2 is 2.30 bits per heavy atom. The molecule has 1 N–H and O–H groups in total. The highest BCUT2D eigenvalue weighted by molar-refractivity contribution is 6.57. The number of benzene rings is 1. The molecule has 0 saturated carbocycles. The van der Waals surface area contributed by atoms with Gasteiger partial charge in [0, 0.05) is 32.1 Å². The van der Waals surface area contributed by atoms with Gasteiger partial charge in [-0.05, 0) is 17.7 Å². The molecular weight excluding hydrogens is 255 g/mol. The van der Waals surface area contributed by atoms with E-state index in [1.807, 2.05) is 24.3 Å². The first kappa shape index (κ1) is 14.4. The van der Waals surface area contributed by atoms with Gasteiger partial charge < -0.3 is 15.0 Å². The summed E-state index contributed by atoms with van der Waals surface area (Å²) in [7, 11) is 5.06. The van der Waals surface area contributed by atoms with Gasteiger partial charge in [0.15, 0.2) is 5.81 Å². The molecule has 1 atom stereocenters. The summed E-state index contributed by atoms with van der Waals surface area (Å²) in [5.41, 5.74) is 2.04. The van der Waals surface area contributed by atoms with Gasteiger partial charge >= 0.3 is 5.97 Å². The number of carbonyl (C=O) groups is 2. The minimum Gasteiger partial charge on any atom is -0.461 e. The number of ether oxygens (including phenoxy) is 1. The molecule has 1 aromatic rings. The topological polar surface area (TPSA) is 58.6 Å². The molecule has 1 aromatic carbocycles. The Morgan fingerprint density at radius 3 is 3.00 bits per heavy atom. The van der Waals surface area contributed by atoms with Gasteiger partial charge in [-0.1, -0.05) is 12.1 Å². The van der Waals surface area contributed by atoms with Crippen molar-refractivity contribution in [3.8, 4) is 0 Å². The van der Waals surface area contributed by atoms with E-state index in [1.165, 1.54) is 6.92 Å². The van der Waals surface area contributed by atoms with Crippen LogP contribution < -0.4 is 10.2 Å². The van der Waals surface area contributed by atoms with Crippen molar-refractivity contribution >= 4 is 25.3 Å². The van der Waals surface area contributed by atoms with Crippen molar-refractivity contribution in [2.45, 2.75) is 26.0 Å². The fourth-order valence-corrected chi connectivity index (χ4v) is 2.35. The number of amides is 1. The summed E-state index contributed by atoms with van der Waals surface area (Å²) in [5, 5.41) is 2.57. The lowest BCUT2D eigenvalue weighted by Crippen LogP contribution is -2.24. The van der Waals surface area contributed by atoms with E-state index in [0.29, 0.717) is 13.1 Å². The summed E-state index contributed by atoms with van der Waals surface area (Å²) in [6.45, 7) is 3.39. The summed E-state index contributed by atoms with van der Waals surface area (Å²) >= 11 is 0. The molecule has 0 bridgehead atoms. The Labute approximate surface area is 119 Å². The summed E-state index contributed by atoms with van der Waals surface area (Å²) in [6.07, 6.45) is 0.795. The number of esters is 1. The molecule has 0 aliphatic carbocycles. The van der Waals surface area contributed by atoms with E-state index in [2.05, 4.69) is 10.2 Å². The third kappa shape index (κ3) is 4.01. The molecule has 0 aromatic heterocycles. The fourth-order valence-electron chi connectivity index (χ4n) is 2.35. The maximum Gasteiger partial charge on any atom is 0.302 e. The predicted octanol–water partition coefficient (Wildman–Crippen LogP) is 1.21. The summed E-state index contributed by atoms with van der Waals surface area (Å²) in [6, 6.07) is 7.88. The zero-order valence-electron chi connectivity index (χ0n) is 11.5. The van der Waals surface area contributed by atoms with Gasteiger partial charge in [0.05, 0.1) is 6.54 Å². The largest absolute Gasteiger partial charge is 0.461 e. The van der Waals surface area contributed by atoms with E-state index < -0.39 is 5.81 Å². The number of rotatable bonds is 4. The third-order valence-corrected chi connectivity index (χ3v) is 3.22. The minimum absolute atomic E-state index is 0.0418. The van der Waals surface area contributed by atoms with Crippen molar-refractivity contribution in [1.82, 2.24) is 5.32 Å². The smallest absolute Gasteiger partial charge is 0.302 e. The van der Waals surface area contributed by atoms with Crippen LogP contribution in [0.2, 0.25) is 0 Å². The SMILES string of the molecule is [B]C(=O)NCc1cccc(N2CC[C@H](OC(C)=O)C2)c1. The number of nitrogens with zero attached hydrogens (tertiary/aromatic N) is 1. The third-order valence-electron chi connectivity index (χ3n) is 3.22. The molecule has 1 aliphatic heterocycles. The van der Waals surface area contributed by atoms with Crippen LogP contribution in [0, 0.1) is 0 Å². The maximum atomic E-state index is 11.0. The molecular formula is C14H17BN2O3. The normalized spacial score (nSPS) is 17.9.